The number of nitrogens with one attached hydrogen (secondary N) is 2. The number of hydrogen-bond acceptors (Lipinski definition) is 4. The first-order chi connectivity index (χ1) is 12.4. The molecule has 1 fully saturated rings. The van der Waals surface area contributed by atoms with Crippen molar-refractivity contribution in [1.82, 2.24) is 10.3 Å². The van der Waals surface area contributed by atoms with E-state index in [0.29, 0.717) is 40.3 Å². The van der Waals surface area contributed by atoms with E-state index in [1.807, 2.05) is 0 Å². The molecule has 0 unspecified atom stereocenters. The van der Waals surface area contributed by atoms with Gasteiger partial charge in [-0.3, -0.25) is 4.79 Å². The molecule has 1 aliphatic carbocycles. The molecule has 1 aliphatic rings. The number of carbonyl (C=O) groups excluding carboxylic acids is 1. The monoisotopic (exact) mass is 368 g/mol. The number of methoxy groups -OCH3 is 3. The quantitative estimate of drug-likeness (QED) is 0.820. The van der Waals surface area contributed by atoms with E-state index in [1.165, 1.54) is 21.3 Å². The number of H-pyrrole nitrogens is 1. The second-order valence-corrected chi connectivity index (χ2v) is 6.46. The van der Waals surface area contributed by atoms with Crippen LogP contribution in [0, 0.1) is 5.92 Å². The Balaban J connectivity index is 1.83. The van der Waals surface area contributed by atoms with Gasteiger partial charge in [-0.1, -0.05) is 0 Å². The van der Waals surface area contributed by atoms with E-state index in [-0.39, 0.29) is 31.2 Å². The first-order valence-corrected chi connectivity index (χ1v) is 8.36. The highest BCUT2D eigenvalue weighted by Gasteiger charge is 2.39. The molecular formula is C18H22F2N2O4. The average Bonchev–Trinajstić information content (AvgIpc) is 3.21. The van der Waals surface area contributed by atoms with Gasteiger partial charge in [-0.05, 0) is 18.4 Å². The molecule has 1 aromatic carbocycles. The van der Waals surface area contributed by atoms with Crippen molar-refractivity contribution in [3.8, 4) is 17.2 Å². The fourth-order valence-electron chi connectivity index (χ4n) is 3.41. The van der Waals surface area contributed by atoms with Crippen LogP contribution in [0.4, 0.5) is 8.78 Å². The summed E-state index contributed by atoms with van der Waals surface area (Å²) in [7, 11) is 4.54. The molecule has 26 heavy (non-hydrogen) atoms. The van der Waals surface area contributed by atoms with Crippen molar-refractivity contribution in [2.24, 2.45) is 5.92 Å². The normalized spacial score (nSPS) is 18.7. The molecule has 2 aromatic rings. The van der Waals surface area contributed by atoms with Gasteiger partial charge in [0, 0.05) is 30.8 Å². The Labute approximate surface area is 149 Å². The van der Waals surface area contributed by atoms with Crippen LogP contribution in [-0.4, -0.2) is 44.7 Å². The zero-order chi connectivity index (χ0) is 18.9. The van der Waals surface area contributed by atoms with Crippen molar-refractivity contribution < 1.29 is 27.8 Å². The Morgan fingerprint density at radius 1 is 1.23 bits per heavy atom. The number of rotatable bonds is 6. The predicted molar refractivity (Wildman–Crippen MR) is 92.6 cm³/mol. The van der Waals surface area contributed by atoms with Crippen LogP contribution in [0.2, 0.25) is 0 Å². The minimum atomic E-state index is -2.62. The van der Waals surface area contributed by atoms with Crippen molar-refractivity contribution in [2.75, 3.05) is 27.9 Å². The van der Waals surface area contributed by atoms with E-state index in [4.69, 9.17) is 14.2 Å². The second-order valence-electron chi connectivity index (χ2n) is 6.46. The average molecular weight is 368 g/mol. The Morgan fingerprint density at radius 3 is 2.54 bits per heavy atom. The van der Waals surface area contributed by atoms with Gasteiger partial charge in [0.05, 0.1) is 26.8 Å². The summed E-state index contributed by atoms with van der Waals surface area (Å²) >= 11 is 0. The third-order valence-corrected chi connectivity index (χ3v) is 4.74. The first-order valence-electron chi connectivity index (χ1n) is 8.36. The van der Waals surface area contributed by atoms with E-state index in [0.717, 1.165) is 0 Å². The van der Waals surface area contributed by atoms with Gasteiger partial charge in [-0.25, -0.2) is 8.78 Å². The fourth-order valence-corrected chi connectivity index (χ4v) is 3.41. The largest absolute Gasteiger partial charge is 0.496 e. The Hall–Kier alpha value is -2.51. The van der Waals surface area contributed by atoms with Gasteiger partial charge in [0.1, 0.15) is 11.4 Å². The number of amides is 1. The molecule has 3 rings (SSSR count). The molecule has 6 nitrogen and oxygen atoms in total. The van der Waals surface area contributed by atoms with Crippen molar-refractivity contribution >= 4 is 16.8 Å². The Morgan fingerprint density at radius 2 is 1.96 bits per heavy atom. The number of aromatic amines is 1. The number of ether oxygens (including phenoxy) is 3. The van der Waals surface area contributed by atoms with Crippen LogP contribution in [-0.2, 0) is 0 Å². The van der Waals surface area contributed by atoms with Crippen molar-refractivity contribution in [3.63, 3.8) is 0 Å². The summed E-state index contributed by atoms with van der Waals surface area (Å²) in [6.07, 6.45) is 0.117. The Bertz CT molecular complexity index is 819. The van der Waals surface area contributed by atoms with E-state index >= 15 is 0 Å². The maximum Gasteiger partial charge on any atom is 0.267 e. The van der Waals surface area contributed by atoms with E-state index in [2.05, 4.69) is 10.3 Å². The molecule has 1 heterocycles. The van der Waals surface area contributed by atoms with Gasteiger partial charge in [0.2, 0.25) is 5.92 Å². The van der Waals surface area contributed by atoms with Crippen LogP contribution < -0.4 is 19.5 Å². The lowest BCUT2D eigenvalue weighted by atomic mass is 10.1. The van der Waals surface area contributed by atoms with Gasteiger partial charge in [-0.2, -0.15) is 0 Å². The van der Waals surface area contributed by atoms with Crippen molar-refractivity contribution in [2.45, 2.75) is 25.2 Å². The van der Waals surface area contributed by atoms with Crippen LogP contribution in [0.25, 0.3) is 10.9 Å². The summed E-state index contributed by atoms with van der Waals surface area (Å²) in [4.78, 5) is 15.5. The molecule has 0 bridgehead atoms. The van der Waals surface area contributed by atoms with E-state index in [9.17, 15) is 13.6 Å². The third-order valence-electron chi connectivity index (χ3n) is 4.74. The summed E-state index contributed by atoms with van der Waals surface area (Å²) in [5.41, 5.74) is 0.871. The maximum atomic E-state index is 13.3. The van der Waals surface area contributed by atoms with Crippen molar-refractivity contribution in [1.29, 1.82) is 0 Å². The van der Waals surface area contributed by atoms with Crippen LogP contribution in [0.1, 0.15) is 29.8 Å². The predicted octanol–water partition coefficient (Wildman–Crippen LogP) is 3.36. The molecule has 1 amide bonds. The molecule has 142 valence electrons. The minimum absolute atomic E-state index is 0.117. The molecule has 1 saturated carbocycles. The van der Waals surface area contributed by atoms with Gasteiger partial charge in [-0.15, -0.1) is 0 Å². The van der Waals surface area contributed by atoms with E-state index < -0.39 is 5.92 Å². The van der Waals surface area contributed by atoms with Crippen molar-refractivity contribution in [3.05, 3.63) is 17.8 Å². The number of carbonyl (C=O) groups is 1. The number of hydrogen-bond donors (Lipinski definition) is 2. The highest BCUT2D eigenvalue weighted by atomic mass is 19.3. The molecule has 0 spiro atoms. The molecular weight excluding hydrogens is 346 g/mol. The van der Waals surface area contributed by atoms with Gasteiger partial charge in [0.25, 0.3) is 5.91 Å². The van der Waals surface area contributed by atoms with Crippen LogP contribution in [0.3, 0.4) is 0 Å². The van der Waals surface area contributed by atoms with E-state index in [1.54, 1.807) is 12.1 Å². The van der Waals surface area contributed by atoms with Gasteiger partial charge < -0.3 is 24.5 Å². The lowest BCUT2D eigenvalue weighted by Crippen LogP contribution is -2.29. The number of fused-ring (bicyclic) bond motifs is 1. The molecule has 1 atom stereocenters. The highest BCUT2D eigenvalue weighted by molar-refractivity contribution is 6.02. The van der Waals surface area contributed by atoms with Gasteiger partial charge in [0.15, 0.2) is 11.5 Å². The first kappa shape index (κ1) is 18.3. The number of halogens is 2. The molecule has 0 radical (unpaired) electrons. The second kappa shape index (κ2) is 7.01. The SMILES string of the molecule is COc1cc(OC)c2cc(C(=O)NC[C@H]3CCC(F)(F)C3)[nH]c2c1OC. The van der Waals surface area contributed by atoms with Gasteiger partial charge >= 0.3 is 0 Å². The summed E-state index contributed by atoms with van der Waals surface area (Å²) in [6, 6.07) is 3.33. The van der Waals surface area contributed by atoms with Crippen LogP contribution in [0.5, 0.6) is 17.2 Å². The molecule has 0 aliphatic heterocycles. The zero-order valence-electron chi connectivity index (χ0n) is 14.9. The topological polar surface area (TPSA) is 72.6 Å². The third kappa shape index (κ3) is 3.40. The standard InChI is InChI=1S/C18H22F2N2O4/c1-24-13-7-14(25-2)16(26-3)15-11(13)6-12(22-15)17(23)21-9-10-4-5-18(19,20)8-10/h6-7,10,22H,4-5,8-9H2,1-3H3,(H,21,23)/t10-/m0/s1. The molecule has 0 saturated heterocycles. The number of aromatic nitrogens is 1. The minimum Gasteiger partial charge on any atom is -0.496 e. The summed E-state index contributed by atoms with van der Waals surface area (Å²) in [6.45, 7) is 0.224. The van der Waals surface area contributed by atoms with Crippen LogP contribution >= 0.6 is 0 Å². The zero-order valence-corrected chi connectivity index (χ0v) is 14.9. The lowest BCUT2D eigenvalue weighted by molar-refractivity contribution is 0.00504. The number of benzene rings is 1. The lowest BCUT2D eigenvalue weighted by Gasteiger charge is -2.11. The summed E-state index contributed by atoms with van der Waals surface area (Å²) in [5.74, 6) is -1.73. The highest BCUT2D eigenvalue weighted by Crippen LogP contribution is 2.41. The number of alkyl halides is 2. The fraction of sp³-hybridized carbons (Fsp3) is 0.500. The summed E-state index contributed by atoms with van der Waals surface area (Å²) < 4.78 is 42.6. The smallest absolute Gasteiger partial charge is 0.267 e. The maximum absolute atomic E-state index is 13.3. The Kier molecular flexibility index (Phi) is 4.93. The molecule has 2 N–H and O–H groups in total. The molecule has 8 heteroatoms. The summed E-state index contributed by atoms with van der Waals surface area (Å²) in [5, 5.41) is 3.40. The molecule has 1 aromatic heterocycles. The van der Waals surface area contributed by atoms with Crippen LogP contribution in [0.15, 0.2) is 12.1 Å².